The van der Waals surface area contributed by atoms with Crippen molar-refractivity contribution >= 4 is 5.91 Å². The number of morpholine rings is 1. The zero-order valence-electron chi connectivity index (χ0n) is 9.69. The number of amides is 1. The van der Waals surface area contributed by atoms with Crippen molar-refractivity contribution in [2.45, 2.75) is 45.4 Å². The van der Waals surface area contributed by atoms with Crippen LogP contribution >= 0.6 is 0 Å². The number of nitrogens with two attached hydrogens (primary N) is 1. The van der Waals surface area contributed by atoms with Crippen LogP contribution in [0, 0.1) is 0 Å². The van der Waals surface area contributed by atoms with Crippen molar-refractivity contribution in [2.75, 3.05) is 13.1 Å². The molecule has 0 aliphatic carbocycles. The van der Waals surface area contributed by atoms with E-state index in [1.54, 1.807) is 0 Å². The predicted octanol–water partition coefficient (Wildman–Crippen LogP) is -0.136. The molecule has 0 radical (unpaired) electrons. The normalized spacial score (nSPS) is 29.9. The summed E-state index contributed by atoms with van der Waals surface area (Å²) in [7, 11) is 0. The van der Waals surface area contributed by atoms with Gasteiger partial charge >= 0.3 is 0 Å². The molecule has 15 heavy (non-hydrogen) atoms. The van der Waals surface area contributed by atoms with Gasteiger partial charge in [-0.25, -0.2) is 5.84 Å². The molecule has 3 atom stereocenters. The smallest absolute Gasteiger partial charge is 0.251 e. The fraction of sp³-hybridized carbons (Fsp3) is 0.900. The van der Waals surface area contributed by atoms with Crippen LogP contribution in [0.5, 0.6) is 0 Å². The molecule has 0 saturated carbocycles. The molecule has 88 valence electrons. The monoisotopic (exact) mass is 215 g/mol. The van der Waals surface area contributed by atoms with Crippen LogP contribution in [0.2, 0.25) is 0 Å². The molecule has 0 spiro atoms. The summed E-state index contributed by atoms with van der Waals surface area (Å²) in [5.74, 6) is 5.05. The average molecular weight is 215 g/mol. The van der Waals surface area contributed by atoms with Crippen molar-refractivity contribution in [1.29, 1.82) is 0 Å². The van der Waals surface area contributed by atoms with E-state index in [9.17, 15) is 4.79 Å². The first-order valence-corrected chi connectivity index (χ1v) is 5.48. The summed E-state index contributed by atoms with van der Waals surface area (Å²) in [6.45, 7) is 7.61. The third kappa shape index (κ3) is 3.15. The molecule has 1 fully saturated rings. The molecular weight excluding hydrogens is 194 g/mol. The van der Waals surface area contributed by atoms with Gasteiger partial charge in [0, 0.05) is 13.1 Å². The maximum absolute atomic E-state index is 11.5. The van der Waals surface area contributed by atoms with Crippen LogP contribution in [0.25, 0.3) is 0 Å². The third-order valence-corrected chi connectivity index (χ3v) is 2.72. The highest BCUT2D eigenvalue weighted by Gasteiger charge is 2.30. The molecule has 0 aromatic rings. The van der Waals surface area contributed by atoms with Gasteiger partial charge in [-0.05, 0) is 20.3 Å². The average Bonchev–Trinajstić information content (AvgIpc) is 2.17. The molecule has 0 aromatic heterocycles. The maximum Gasteiger partial charge on any atom is 0.251 e. The number of hydrazine groups is 1. The Kier molecular flexibility index (Phi) is 4.50. The molecule has 0 aromatic carbocycles. The highest BCUT2D eigenvalue weighted by Crippen LogP contribution is 2.15. The standard InChI is InChI=1S/C10H21N3O2/c1-4-9(10(14)12-11)13-5-7(2)15-8(3)6-13/h7-9H,4-6,11H2,1-3H3,(H,12,14)/t7-,8+,9?. The molecule has 1 amide bonds. The van der Waals surface area contributed by atoms with E-state index >= 15 is 0 Å². The van der Waals surface area contributed by atoms with Gasteiger partial charge in [0.2, 0.25) is 0 Å². The van der Waals surface area contributed by atoms with E-state index in [1.807, 2.05) is 20.8 Å². The summed E-state index contributed by atoms with van der Waals surface area (Å²) in [6.07, 6.45) is 1.12. The summed E-state index contributed by atoms with van der Waals surface area (Å²) in [6, 6.07) is -0.135. The van der Waals surface area contributed by atoms with E-state index in [1.165, 1.54) is 0 Å². The lowest BCUT2D eigenvalue weighted by atomic mass is 10.1. The quantitative estimate of drug-likeness (QED) is 0.391. The first-order valence-electron chi connectivity index (χ1n) is 5.48. The molecule has 1 heterocycles. The molecule has 1 saturated heterocycles. The first kappa shape index (κ1) is 12.4. The van der Waals surface area contributed by atoms with Crippen LogP contribution in [0.1, 0.15) is 27.2 Å². The number of nitrogens with zero attached hydrogens (tertiary/aromatic N) is 1. The number of nitrogens with one attached hydrogen (secondary N) is 1. The molecule has 1 rings (SSSR count). The lowest BCUT2D eigenvalue weighted by Crippen LogP contribution is -2.55. The van der Waals surface area contributed by atoms with Gasteiger partial charge in [0.1, 0.15) is 0 Å². The lowest BCUT2D eigenvalue weighted by molar-refractivity contribution is -0.133. The van der Waals surface area contributed by atoms with Crippen LogP contribution in [0.3, 0.4) is 0 Å². The fourth-order valence-corrected chi connectivity index (χ4v) is 2.18. The van der Waals surface area contributed by atoms with Gasteiger partial charge in [0.05, 0.1) is 18.2 Å². The van der Waals surface area contributed by atoms with Crippen molar-refractivity contribution in [1.82, 2.24) is 10.3 Å². The van der Waals surface area contributed by atoms with E-state index in [0.29, 0.717) is 0 Å². The molecular formula is C10H21N3O2. The van der Waals surface area contributed by atoms with Gasteiger partial charge in [0.15, 0.2) is 0 Å². The topological polar surface area (TPSA) is 67.6 Å². The predicted molar refractivity (Wildman–Crippen MR) is 58.0 cm³/mol. The minimum Gasteiger partial charge on any atom is -0.373 e. The van der Waals surface area contributed by atoms with Gasteiger partial charge in [-0.15, -0.1) is 0 Å². The minimum atomic E-state index is -0.135. The van der Waals surface area contributed by atoms with Gasteiger partial charge in [-0.1, -0.05) is 6.92 Å². The molecule has 5 heteroatoms. The SMILES string of the molecule is CCC(C(=O)NN)N1C[C@@H](C)O[C@@H](C)C1. The van der Waals surface area contributed by atoms with Gasteiger partial charge in [-0.3, -0.25) is 15.1 Å². The Morgan fingerprint density at radius 1 is 1.53 bits per heavy atom. The van der Waals surface area contributed by atoms with E-state index < -0.39 is 0 Å². The zero-order chi connectivity index (χ0) is 11.4. The number of hydrogen-bond donors (Lipinski definition) is 2. The molecule has 0 bridgehead atoms. The van der Waals surface area contributed by atoms with E-state index in [2.05, 4.69) is 10.3 Å². The van der Waals surface area contributed by atoms with Crippen molar-refractivity contribution in [3.63, 3.8) is 0 Å². The second-order valence-corrected chi connectivity index (χ2v) is 4.14. The van der Waals surface area contributed by atoms with Crippen LogP contribution < -0.4 is 11.3 Å². The number of carbonyl (C=O) groups excluding carboxylic acids is 1. The minimum absolute atomic E-state index is 0.112. The van der Waals surface area contributed by atoms with Crippen molar-refractivity contribution in [2.24, 2.45) is 5.84 Å². The van der Waals surface area contributed by atoms with Crippen molar-refractivity contribution < 1.29 is 9.53 Å². The molecule has 1 unspecified atom stereocenters. The van der Waals surface area contributed by atoms with Crippen LogP contribution in [0.15, 0.2) is 0 Å². The molecule has 1 aliphatic rings. The van der Waals surface area contributed by atoms with Crippen molar-refractivity contribution in [3.05, 3.63) is 0 Å². The Morgan fingerprint density at radius 3 is 2.47 bits per heavy atom. The van der Waals surface area contributed by atoms with Gasteiger partial charge < -0.3 is 4.74 Å². The number of rotatable bonds is 3. The summed E-state index contributed by atoms with van der Waals surface area (Å²) >= 11 is 0. The second-order valence-electron chi connectivity index (χ2n) is 4.14. The van der Waals surface area contributed by atoms with Gasteiger partial charge in [0.25, 0.3) is 5.91 Å². The summed E-state index contributed by atoms with van der Waals surface area (Å²) in [5, 5.41) is 0. The molecule has 5 nitrogen and oxygen atoms in total. The summed E-state index contributed by atoms with van der Waals surface area (Å²) in [4.78, 5) is 13.7. The Morgan fingerprint density at radius 2 is 2.07 bits per heavy atom. The van der Waals surface area contributed by atoms with Crippen LogP contribution in [0.4, 0.5) is 0 Å². The van der Waals surface area contributed by atoms with E-state index in [-0.39, 0.29) is 24.2 Å². The zero-order valence-corrected chi connectivity index (χ0v) is 9.69. The highest BCUT2D eigenvalue weighted by molar-refractivity contribution is 5.81. The largest absolute Gasteiger partial charge is 0.373 e. The number of ether oxygens (including phenoxy) is 1. The molecule has 1 aliphatic heterocycles. The molecule has 3 N–H and O–H groups in total. The number of hydrogen-bond acceptors (Lipinski definition) is 4. The fourth-order valence-electron chi connectivity index (χ4n) is 2.18. The summed E-state index contributed by atoms with van der Waals surface area (Å²) in [5.41, 5.74) is 2.22. The van der Waals surface area contributed by atoms with Gasteiger partial charge in [-0.2, -0.15) is 0 Å². The second kappa shape index (κ2) is 5.44. The van der Waals surface area contributed by atoms with Crippen LogP contribution in [-0.2, 0) is 9.53 Å². The summed E-state index contributed by atoms with van der Waals surface area (Å²) < 4.78 is 5.62. The first-order chi connectivity index (χ1) is 7.08. The third-order valence-electron chi connectivity index (χ3n) is 2.72. The Hall–Kier alpha value is -0.650. The van der Waals surface area contributed by atoms with E-state index in [0.717, 1.165) is 19.5 Å². The Balaban J connectivity index is 2.63. The van der Waals surface area contributed by atoms with E-state index in [4.69, 9.17) is 10.6 Å². The van der Waals surface area contributed by atoms with Crippen LogP contribution in [-0.4, -0.2) is 42.1 Å². The Bertz CT molecular complexity index is 213. The highest BCUT2D eigenvalue weighted by atomic mass is 16.5. The Labute approximate surface area is 90.9 Å². The maximum atomic E-state index is 11.5. The number of carbonyl (C=O) groups is 1. The lowest BCUT2D eigenvalue weighted by Gasteiger charge is -2.38. The van der Waals surface area contributed by atoms with Crippen molar-refractivity contribution in [3.8, 4) is 0 Å².